The second kappa shape index (κ2) is 7.44. The van der Waals surface area contributed by atoms with Gasteiger partial charge in [0.25, 0.3) is 10.2 Å². The minimum Gasteiger partial charge on any atom is -0.347 e. The van der Waals surface area contributed by atoms with Gasteiger partial charge in [0.15, 0.2) is 0 Å². The molecular formula is C21H32N4O2S. The van der Waals surface area contributed by atoms with Gasteiger partial charge in [0.2, 0.25) is 0 Å². The van der Waals surface area contributed by atoms with Crippen molar-refractivity contribution in [3.63, 3.8) is 0 Å². The van der Waals surface area contributed by atoms with Gasteiger partial charge in [0.05, 0.1) is 0 Å². The maximum absolute atomic E-state index is 12.8. The van der Waals surface area contributed by atoms with Crippen molar-refractivity contribution in [1.29, 1.82) is 0 Å². The molecule has 3 atom stereocenters. The predicted octanol–water partition coefficient (Wildman–Crippen LogP) is 2.55. The minimum atomic E-state index is -3.44. The van der Waals surface area contributed by atoms with Gasteiger partial charge in [-0.05, 0) is 44.0 Å². The fourth-order valence-electron chi connectivity index (χ4n) is 5.31. The summed E-state index contributed by atoms with van der Waals surface area (Å²) in [6, 6.07) is 6.97. The first-order valence-electron chi connectivity index (χ1n) is 10.5. The Kier molecular flexibility index (Phi) is 5.29. The molecule has 0 saturated carbocycles. The van der Waals surface area contributed by atoms with Crippen molar-refractivity contribution in [1.82, 2.24) is 18.5 Å². The van der Waals surface area contributed by atoms with Crippen LogP contribution >= 0.6 is 0 Å². The molecule has 7 heteroatoms. The molecule has 4 rings (SSSR count). The van der Waals surface area contributed by atoms with Crippen molar-refractivity contribution in [2.24, 2.45) is 0 Å². The maximum Gasteiger partial charge on any atom is 0.279 e. The summed E-state index contributed by atoms with van der Waals surface area (Å²) < 4.78 is 32.3. The van der Waals surface area contributed by atoms with E-state index in [4.69, 9.17) is 0 Å². The van der Waals surface area contributed by atoms with Crippen molar-refractivity contribution in [3.05, 3.63) is 35.5 Å². The summed E-state index contributed by atoms with van der Waals surface area (Å²) in [5.74, 6) is 0.354. The molecular weight excluding hydrogens is 372 g/mol. The third-order valence-corrected chi connectivity index (χ3v) is 8.45. The molecule has 0 amide bonds. The van der Waals surface area contributed by atoms with E-state index in [-0.39, 0.29) is 6.04 Å². The van der Waals surface area contributed by atoms with Crippen LogP contribution in [0, 0.1) is 0 Å². The zero-order chi connectivity index (χ0) is 20.1. The Hall–Kier alpha value is -1.41. The highest BCUT2D eigenvalue weighted by Gasteiger charge is 2.41. The number of hydrogen-bond donors (Lipinski definition) is 1. The summed E-state index contributed by atoms with van der Waals surface area (Å²) in [5.41, 5.74) is 4.12. The summed E-state index contributed by atoms with van der Waals surface area (Å²) in [5, 5.41) is 1.39. The van der Waals surface area contributed by atoms with Gasteiger partial charge >= 0.3 is 0 Å². The Morgan fingerprint density at radius 2 is 1.96 bits per heavy atom. The number of benzene rings is 1. The van der Waals surface area contributed by atoms with Gasteiger partial charge in [0, 0.05) is 61.3 Å². The minimum absolute atomic E-state index is 0.0677. The number of aromatic nitrogens is 1. The Balaban J connectivity index is 1.67. The van der Waals surface area contributed by atoms with Crippen LogP contribution in [0.5, 0.6) is 0 Å². The number of rotatable bonds is 6. The smallest absolute Gasteiger partial charge is 0.279 e. The average Bonchev–Trinajstić information content (AvgIpc) is 3.02. The van der Waals surface area contributed by atoms with E-state index in [1.165, 1.54) is 26.3 Å². The lowest BCUT2D eigenvalue weighted by Gasteiger charge is -2.45. The van der Waals surface area contributed by atoms with Gasteiger partial charge in [0.1, 0.15) is 0 Å². The molecule has 2 aliphatic rings. The highest BCUT2D eigenvalue weighted by Crippen LogP contribution is 2.43. The third kappa shape index (κ3) is 3.18. The SMILES string of the molecule is CCN(CC)S(=O)(=O)N[C@H]1CC2c3cccc4c3c(cn4CC)C[C@H]2N(C)C1. The van der Waals surface area contributed by atoms with Crippen molar-refractivity contribution in [2.45, 2.75) is 58.2 Å². The molecule has 2 heterocycles. The lowest BCUT2D eigenvalue weighted by molar-refractivity contribution is 0.135. The molecule has 1 unspecified atom stereocenters. The molecule has 1 saturated heterocycles. The summed E-state index contributed by atoms with van der Waals surface area (Å²) in [6.07, 6.45) is 4.20. The largest absolute Gasteiger partial charge is 0.347 e. The number of piperidine rings is 1. The van der Waals surface area contributed by atoms with E-state index in [1.54, 1.807) is 0 Å². The van der Waals surface area contributed by atoms with Crippen LogP contribution < -0.4 is 4.72 Å². The Bertz CT molecular complexity index is 964. The summed E-state index contributed by atoms with van der Waals surface area (Å²) >= 11 is 0. The first-order chi connectivity index (χ1) is 13.4. The summed E-state index contributed by atoms with van der Waals surface area (Å²) in [4.78, 5) is 2.36. The van der Waals surface area contributed by atoms with E-state index in [9.17, 15) is 8.42 Å². The number of hydrogen-bond acceptors (Lipinski definition) is 3. The van der Waals surface area contributed by atoms with Crippen LogP contribution in [0.2, 0.25) is 0 Å². The molecule has 0 spiro atoms. The predicted molar refractivity (Wildman–Crippen MR) is 114 cm³/mol. The number of likely N-dealkylation sites (N-methyl/N-ethyl adjacent to an activating group) is 1. The number of fused-ring (bicyclic) bond motifs is 2. The lowest BCUT2D eigenvalue weighted by Crippen LogP contribution is -2.56. The van der Waals surface area contributed by atoms with E-state index < -0.39 is 10.2 Å². The maximum atomic E-state index is 12.8. The topological polar surface area (TPSA) is 57.6 Å². The van der Waals surface area contributed by atoms with E-state index in [2.05, 4.69) is 52.6 Å². The van der Waals surface area contributed by atoms with Crippen LogP contribution in [0.15, 0.2) is 24.4 Å². The first-order valence-corrected chi connectivity index (χ1v) is 11.9. The van der Waals surface area contributed by atoms with Gasteiger partial charge in [-0.3, -0.25) is 0 Å². The molecule has 0 radical (unpaired) electrons. The molecule has 6 nitrogen and oxygen atoms in total. The number of nitrogens with one attached hydrogen (secondary N) is 1. The van der Waals surface area contributed by atoms with Gasteiger partial charge < -0.3 is 9.47 Å². The zero-order valence-electron chi connectivity index (χ0n) is 17.4. The van der Waals surface area contributed by atoms with E-state index in [0.717, 1.165) is 25.9 Å². The van der Waals surface area contributed by atoms with Gasteiger partial charge in [-0.25, -0.2) is 0 Å². The van der Waals surface area contributed by atoms with Crippen molar-refractivity contribution in [2.75, 3.05) is 26.7 Å². The van der Waals surface area contributed by atoms with Gasteiger partial charge in [-0.2, -0.15) is 17.4 Å². The standard InChI is InChI=1S/C21H32N4O2S/c1-5-24-13-15-11-20-18(17-9-8-10-19(24)21(15)17)12-16(14-23(20)4)22-28(26,27)25(6-2)7-3/h8-10,13,16,18,20,22H,5-7,11-12,14H2,1-4H3/t16-,18?,20+/m0/s1. The van der Waals surface area contributed by atoms with E-state index in [0.29, 0.717) is 25.0 Å². The van der Waals surface area contributed by atoms with Crippen LogP contribution in [0.1, 0.15) is 44.2 Å². The van der Waals surface area contributed by atoms with Crippen LogP contribution in [0.4, 0.5) is 0 Å². The Morgan fingerprint density at radius 3 is 2.64 bits per heavy atom. The van der Waals surface area contributed by atoms with Gasteiger partial charge in [-0.1, -0.05) is 26.0 Å². The van der Waals surface area contributed by atoms with E-state index >= 15 is 0 Å². The highest BCUT2D eigenvalue weighted by atomic mass is 32.2. The second-order valence-corrected chi connectivity index (χ2v) is 9.84. The van der Waals surface area contributed by atoms with Crippen LogP contribution in [-0.4, -0.2) is 61.0 Å². The highest BCUT2D eigenvalue weighted by molar-refractivity contribution is 7.87. The summed E-state index contributed by atoms with van der Waals surface area (Å²) in [6.45, 7) is 8.66. The van der Waals surface area contributed by atoms with Crippen LogP contribution in [0.25, 0.3) is 10.9 Å². The first kappa shape index (κ1) is 19.9. The number of likely N-dealkylation sites (tertiary alicyclic amines) is 1. The third-order valence-electron chi connectivity index (χ3n) is 6.62. The molecule has 1 fully saturated rings. The molecule has 0 bridgehead atoms. The fourth-order valence-corrected chi connectivity index (χ4v) is 6.74. The molecule has 28 heavy (non-hydrogen) atoms. The molecule has 1 aromatic heterocycles. The Morgan fingerprint density at radius 1 is 1.21 bits per heavy atom. The van der Waals surface area contributed by atoms with Crippen molar-refractivity contribution >= 4 is 21.1 Å². The van der Waals surface area contributed by atoms with Crippen molar-refractivity contribution < 1.29 is 8.42 Å². The lowest BCUT2D eigenvalue weighted by atomic mass is 9.74. The van der Waals surface area contributed by atoms with E-state index in [1.807, 2.05) is 13.8 Å². The second-order valence-electron chi connectivity index (χ2n) is 8.14. The molecule has 1 aliphatic carbocycles. The van der Waals surface area contributed by atoms with Crippen LogP contribution in [-0.2, 0) is 23.2 Å². The molecule has 2 aromatic rings. The number of aryl methyl sites for hydroxylation is 1. The monoisotopic (exact) mass is 404 g/mol. The molecule has 1 aromatic carbocycles. The molecule has 1 N–H and O–H groups in total. The summed E-state index contributed by atoms with van der Waals surface area (Å²) in [7, 11) is -1.31. The molecule has 1 aliphatic heterocycles. The van der Waals surface area contributed by atoms with Gasteiger partial charge in [-0.15, -0.1) is 0 Å². The van der Waals surface area contributed by atoms with Crippen molar-refractivity contribution in [3.8, 4) is 0 Å². The zero-order valence-corrected chi connectivity index (χ0v) is 18.2. The molecule has 154 valence electrons. The number of nitrogens with zero attached hydrogens (tertiary/aromatic N) is 3. The van der Waals surface area contributed by atoms with Crippen LogP contribution in [0.3, 0.4) is 0 Å². The normalized spacial score (nSPS) is 25.4. The fraction of sp³-hybridized carbons (Fsp3) is 0.619. The quantitative estimate of drug-likeness (QED) is 0.805. The average molecular weight is 405 g/mol. The Labute approximate surface area is 168 Å².